The van der Waals surface area contributed by atoms with Crippen molar-refractivity contribution in [1.29, 1.82) is 0 Å². The number of ether oxygens (including phenoxy) is 1. The molecule has 0 saturated carbocycles. The van der Waals surface area contributed by atoms with Gasteiger partial charge in [0.15, 0.2) is 5.13 Å². The lowest BCUT2D eigenvalue weighted by Crippen LogP contribution is -2.35. The topological polar surface area (TPSA) is 80.2 Å². The number of pyridine rings is 2. The predicted octanol–water partition coefficient (Wildman–Crippen LogP) is 3.77. The Kier molecular flexibility index (Phi) is 6.15. The molecular formula is C24H23N5O2S. The summed E-state index contributed by atoms with van der Waals surface area (Å²) in [5, 5.41) is 4.58. The van der Waals surface area contributed by atoms with E-state index in [0.717, 1.165) is 65.4 Å². The molecule has 0 atom stereocenters. The van der Waals surface area contributed by atoms with Crippen molar-refractivity contribution < 1.29 is 9.53 Å². The molecule has 0 radical (unpaired) electrons. The molecule has 3 aromatic heterocycles. The van der Waals surface area contributed by atoms with Crippen LogP contribution in [-0.2, 0) is 22.5 Å². The van der Waals surface area contributed by atoms with Crippen molar-refractivity contribution in [3.63, 3.8) is 0 Å². The van der Waals surface area contributed by atoms with E-state index in [0.29, 0.717) is 5.13 Å². The second kappa shape index (κ2) is 9.52. The smallest absolute Gasteiger partial charge is 0.230 e. The number of para-hydroxylation sites is 1. The van der Waals surface area contributed by atoms with Crippen LogP contribution in [-0.4, -0.2) is 52.1 Å². The molecule has 1 fully saturated rings. The zero-order chi connectivity index (χ0) is 21.8. The van der Waals surface area contributed by atoms with Gasteiger partial charge in [-0.05, 0) is 23.8 Å². The average molecular weight is 446 g/mol. The molecule has 1 amide bonds. The molecule has 7 nitrogen and oxygen atoms in total. The zero-order valence-electron chi connectivity index (χ0n) is 17.5. The average Bonchev–Trinajstić information content (AvgIpc) is 3.26. The van der Waals surface area contributed by atoms with Crippen molar-refractivity contribution in [2.24, 2.45) is 0 Å². The van der Waals surface area contributed by atoms with Gasteiger partial charge in [0.1, 0.15) is 0 Å². The van der Waals surface area contributed by atoms with E-state index in [-0.39, 0.29) is 12.3 Å². The van der Waals surface area contributed by atoms with Crippen molar-refractivity contribution in [3.8, 4) is 11.3 Å². The molecule has 1 aliphatic heterocycles. The summed E-state index contributed by atoms with van der Waals surface area (Å²) in [6.45, 7) is 4.22. The van der Waals surface area contributed by atoms with Crippen molar-refractivity contribution in [2.45, 2.75) is 13.0 Å². The van der Waals surface area contributed by atoms with Crippen LogP contribution in [0.25, 0.3) is 22.2 Å². The van der Waals surface area contributed by atoms with Crippen LogP contribution in [0.4, 0.5) is 5.13 Å². The number of hydrogen-bond donors (Lipinski definition) is 1. The lowest BCUT2D eigenvalue weighted by Gasteiger charge is -2.25. The standard InChI is InChI=1S/C24H23N5O2S/c30-22(28-24-26-15-20(32-24)16-29-9-11-31-12-10-29)13-18-4-1-3-17-6-7-21(27-23(17)18)19-5-2-8-25-14-19/h1-8,14-15H,9-13,16H2,(H,26,28,30). The number of amides is 1. The monoisotopic (exact) mass is 445 g/mol. The van der Waals surface area contributed by atoms with Gasteiger partial charge in [0.05, 0.1) is 30.8 Å². The molecule has 0 spiro atoms. The number of carbonyl (C=O) groups is 1. The third-order valence-corrected chi connectivity index (χ3v) is 6.29. The fourth-order valence-electron chi connectivity index (χ4n) is 3.78. The van der Waals surface area contributed by atoms with Crippen molar-refractivity contribution in [2.75, 3.05) is 31.6 Å². The number of nitrogens with zero attached hydrogens (tertiary/aromatic N) is 4. The Labute approximate surface area is 190 Å². The van der Waals surface area contributed by atoms with E-state index < -0.39 is 0 Å². The molecule has 8 heteroatoms. The second-order valence-electron chi connectivity index (χ2n) is 7.67. The van der Waals surface area contributed by atoms with Gasteiger partial charge in [0, 0.05) is 54.1 Å². The summed E-state index contributed by atoms with van der Waals surface area (Å²) in [6.07, 6.45) is 5.61. The van der Waals surface area contributed by atoms with Crippen LogP contribution in [0.1, 0.15) is 10.4 Å². The van der Waals surface area contributed by atoms with Crippen LogP contribution < -0.4 is 5.32 Å². The first-order valence-electron chi connectivity index (χ1n) is 10.6. The van der Waals surface area contributed by atoms with Gasteiger partial charge >= 0.3 is 0 Å². The molecule has 4 aromatic rings. The molecule has 162 valence electrons. The number of thiazole rings is 1. The Morgan fingerprint density at radius 3 is 2.84 bits per heavy atom. The van der Waals surface area contributed by atoms with Gasteiger partial charge in [-0.15, -0.1) is 11.3 Å². The minimum atomic E-state index is -0.0987. The first-order chi connectivity index (χ1) is 15.7. The molecule has 0 aliphatic carbocycles. The van der Waals surface area contributed by atoms with Crippen LogP contribution >= 0.6 is 11.3 Å². The lowest BCUT2D eigenvalue weighted by molar-refractivity contribution is -0.115. The van der Waals surface area contributed by atoms with E-state index in [9.17, 15) is 4.79 Å². The van der Waals surface area contributed by atoms with Gasteiger partial charge < -0.3 is 10.1 Å². The van der Waals surface area contributed by atoms with E-state index >= 15 is 0 Å². The minimum absolute atomic E-state index is 0.0987. The Balaban J connectivity index is 1.29. The molecule has 0 unspecified atom stereocenters. The maximum absolute atomic E-state index is 12.8. The number of nitrogens with one attached hydrogen (secondary N) is 1. The number of hydrogen-bond acceptors (Lipinski definition) is 7. The Hall–Kier alpha value is -3.20. The number of benzene rings is 1. The Bertz CT molecular complexity index is 1220. The maximum atomic E-state index is 12.8. The van der Waals surface area contributed by atoms with Gasteiger partial charge in [-0.3, -0.25) is 14.7 Å². The normalized spacial score (nSPS) is 14.5. The summed E-state index contributed by atoms with van der Waals surface area (Å²) in [5.41, 5.74) is 3.50. The highest BCUT2D eigenvalue weighted by Gasteiger charge is 2.14. The number of morpholine rings is 1. The molecule has 1 aromatic carbocycles. The molecule has 1 N–H and O–H groups in total. The first kappa shape index (κ1) is 20.7. The summed E-state index contributed by atoms with van der Waals surface area (Å²) in [7, 11) is 0. The highest BCUT2D eigenvalue weighted by atomic mass is 32.1. The first-order valence-corrected chi connectivity index (χ1v) is 11.4. The summed E-state index contributed by atoms with van der Waals surface area (Å²) < 4.78 is 5.40. The van der Waals surface area contributed by atoms with Crippen LogP contribution in [0.15, 0.2) is 61.1 Å². The van der Waals surface area contributed by atoms with Gasteiger partial charge in [0.2, 0.25) is 5.91 Å². The third kappa shape index (κ3) is 4.83. The van der Waals surface area contributed by atoms with E-state index in [4.69, 9.17) is 9.72 Å². The molecule has 32 heavy (non-hydrogen) atoms. The highest BCUT2D eigenvalue weighted by Crippen LogP contribution is 2.24. The largest absolute Gasteiger partial charge is 0.379 e. The SMILES string of the molecule is O=C(Cc1cccc2ccc(-c3cccnc3)nc12)Nc1ncc(CN2CCOCC2)s1. The van der Waals surface area contributed by atoms with E-state index in [1.165, 1.54) is 11.3 Å². The maximum Gasteiger partial charge on any atom is 0.230 e. The molecule has 4 heterocycles. The Morgan fingerprint density at radius 1 is 1.09 bits per heavy atom. The van der Waals surface area contributed by atoms with Crippen molar-refractivity contribution >= 4 is 33.3 Å². The van der Waals surface area contributed by atoms with Crippen molar-refractivity contribution in [3.05, 3.63) is 71.5 Å². The molecule has 1 aliphatic rings. The molecular weight excluding hydrogens is 422 g/mol. The van der Waals surface area contributed by atoms with E-state index in [1.54, 1.807) is 12.4 Å². The van der Waals surface area contributed by atoms with Crippen LogP contribution in [0.5, 0.6) is 0 Å². The fraction of sp³-hybridized carbons (Fsp3) is 0.250. The van der Waals surface area contributed by atoms with Crippen LogP contribution in [0.3, 0.4) is 0 Å². The Morgan fingerprint density at radius 2 is 2.00 bits per heavy atom. The van der Waals surface area contributed by atoms with Crippen molar-refractivity contribution in [1.82, 2.24) is 19.9 Å². The summed E-state index contributed by atoms with van der Waals surface area (Å²) in [6, 6.07) is 13.8. The predicted molar refractivity (Wildman–Crippen MR) is 126 cm³/mol. The van der Waals surface area contributed by atoms with E-state index in [1.807, 2.05) is 48.7 Å². The van der Waals surface area contributed by atoms with Gasteiger partial charge in [-0.2, -0.15) is 0 Å². The second-order valence-corrected chi connectivity index (χ2v) is 8.79. The number of anilines is 1. The molecule has 0 bridgehead atoms. The highest BCUT2D eigenvalue weighted by molar-refractivity contribution is 7.15. The van der Waals surface area contributed by atoms with Crippen LogP contribution in [0, 0.1) is 0 Å². The number of fused-ring (bicyclic) bond motifs is 1. The number of carbonyl (C=O) groups excluding carboxylic acids is 1. The van der Waals surface area contributed by atoms with Gasteiger partial charge in [0.25, 0.3) is 0 Å². The fourth-order valence-corrected chi connectivity index (χ4v) is 4.65. The van der Waals surface area contributed by atoms with Gasteiger partial charge in [-0.1, -0.05) is 24.3 Å². The zero-order valence-corrected chi connectivity index (χ0v) is 18.3. The number of rotatable bonds is 6. The number of aromatic nitrogens is 3. The molecule has 5 rings (SSSR count). The summed E-state index contributed by atoms with van der Waals surface area (Å²) >= 11 is 1.52. The third-order valence-electron chi connectivity index (χ3n) is 5.40. The molecule has 1 saturated heterocycles. The lowest BCUT2D eigenvalue weighted by atomic mass is 10.0. The van der Waals surface area contributed by atoms with Crippen LogP contribution in [0.2, 0.25) is 0 Å². The summed E-state index contributed by atoms with van der Waals surface area (Å²) in [4.78, 5) is 29.6. The van der Waals surface area contributed by atoms with E-state index in [2.05, 4.69) is 20.2 Å². The van der Waals surface area contributed by atoms with Gasteiger partial charge in [-0.25, -0.2) is 9.97 Å². The summed E-state index contributed by atoms with van der Waals surface area (Å²) in [5.74, 6) is -0.0987. The quantitative estimate of drug-likeness (QED) is 0.487. The minimum Gasteiger partial charge on any atom is -0.379 e.